The quantitative estimate of drug-likeness (QED) is 0.868. The Labute approximate surface area is 92.5 Å². The Morgan fingerprint density at radius 2 is 2.33 bits per heavy atom. The monoisotopic (exact) mass is 222 g/mol. The third-order valence-corrected chi connectivity index (χ3v) is 2.49. The minimum absolute atomic E-state index is 0.181. The van der Waals surface area contributed by atoms with Crippen LogP contribution in [0.1, 0.15) is 19.2 Å². The van der Waals surface area contributed by atoms with E-state index >= 15 is 0 Å². The third kappa shape index (κ3) is 2.18. The number of nitrogens with zero attached hydrogens (tertiary/aromatic N) is 1. The molecule has 1 heterocycles. The molecular formula is C11H11ClN2O. The average molecular weight is 223 g/mol. The molecule has 2 rings (SSSR count). The summed E-state index contributed by atoms with van der Waals surface area (Å²) in [6.07, 6.45) is 0.903. The smallest absolute Gasteiger partial charge is 0.140 e. The number of hydrogen-bond donors (Lipinski definition) is 1. The second-order valence-electron chi connectivity index (χ2n) is 3.41. The highest BCUT2D eigenvalue weighted by molar-refractivity contribution is 6.31. The molecule has 15 heavy (non-hydrogen) atoms. The lowest BCUT2D eigenvalue weighted by Gasteiger charge is -1.91. The third-order valence-electron chi connectivity index (χ3n) is 2.25. The van der Waals surface area contributed by atoms with Crippen LogP contribution >= 0.6 is 11.6 Å². The van der Waals surface area contributed by atoms with Gasteiger partial charge in [0.05, 0.1) is 17.5 Å². The molecule has 4 heteroatoms. The van der Waals surface area contributed by atoms with Gasteiger partial charge in [-0.05, 0) is 18.2 Å². The average Bonchev–Trinajstić information content (AvgIpc) is 2.59. The molecule has 0 saturated heterocycles. The predicted octanol–water partition coefficient (Wildman–Crippen LogP) is 2.74. The molecular weight excluding hydrogens is 212 g/mol. The van der Waals surface area contributed by atoms with Crippen LogP contribution in [0.3, 0.4) is 0 Å². The number of carbonyl (C=O) groups is 1. The molecule has 0 spiro atoms. The van der Waals surface area contributed by atoms with Crippen molar-refractivity contribution >= 4 is 28.4 Å². The van der Waals surface area contributed by atoms with E-state index in [1.165, 1.54) is 0 Å². The van der Waals surface area contributed by atoms with Crippen LogP contribution in [-0.4, -0.2) is 15.8 Å². The number of H-pyrrole nitrogens is 1. The molecule has 1 aromatic heterocycles. The van der Waals surface area contributed by atoms with E-state index in [2.05, 4.69) is 9.97 Å². The lowest BCUT2D eigenvalue weighted by atomic mass is 10.2. The number of hydrogen-bond acceptors (Lipinski definition) is 2. The van der Waals surface area contributed by atoms with E-state index < -0.39 is 0 Å². The minimum atomic E-state index is 0.181. The van der Waals surface area contributed by atoms with E-state index in [4.69, 9.17) is 11.6 Å². The molecule has 0 saturated carbocycles. The molecule has 0 atom stereocenters. The Bertz CT molecular complexity index is 504. The van der Waals surface area contributed by atoms with Gasteiger partial charge in [-0.2, -0.15) is 0 Å². The second-order valence-corrected chi connectivity index (χ2v) is 3.85. The molecule has 0 radical (unpaired) electrons. The van der Waals surface area contributed by atoms with Crippen LogP contribution in [-0.2, 0) is 11.2 Å². The van der Waals surface area contributed by atoms with E-state index in [1.54, 1.807) is 6.07 Å². The van der Waals surface area contributed by atoms with E-state index in [1.807, 2.05) is 19.1 Å². The number of carbonyl (C=O) groups excluding carboxylic acids is 1. The molecule has 0 aliphatic rings. The van der Waals surface area contributed by atoms with Crippen LogP contribution in [0.25, 0.3) is 11.0 Å². The molecule has 0 unspecified atom stereocenters. The van der Waals surface area contributed by atoms with Gasteiger partial charge in [0, 0.05) is 11.4 Å². The first-order chi connectivity index (χ1) is 7.19. The van der Waals surface area contributed by atoms with Crippen molar-refractivity contribution in [2.45, 2.75) is 19.8 Å². The summed E-state index contributed by atoms with van der Waals surface area (Å²) in [5.41, 5.74) is 1.72. The van der Waals surface area contributed by atoms with Crippen molar-refractivity contribution in [2.24, 2.45) is 0 Å². The first kappa shape index (κ1) is 10.2. The van der Waals surface area contributed by atoms with Crippen LogP contribution in [0.2, 0.25) is 5.02 Å². The Morgan fingerprint density at radius 1 is 1.53 bits per heavy atom. The van der Waals surface area contributed by atoms with Gasteiger partial charge in [-0.3, -0.25) is 4.79 Å². The zero-order valence-electron chi connectivity index (χ0n) is 8.38. The van der Waals surface area contributed by atoms with Crippen molar-refractivity contribution in [1.29, 1.82) is 0 Å². The Morgan fingerprint density at radius 3 is 3.07 bits per heavy atom. The summed E-state index contributed by atoms with van der Waals surface area (Å²) in [5.74, 6) is 0.888. The number of benzene rings is 1. The lowest BCUT2D eigenvalue weighted by Crippen LogP contribution is -2.01. The van der Waals surface area contributed by atoms with Crippen molar-refractivity contribution in [3.05, 3.63) is 29.0 Å². The minimum Gasteiger partial charge on any atom is -0.342 e. The summed E-state index contributed by atoms with van der Waals surface area (Å²) in [5, 5.41) is 0.666. The van der Waals surface area contributed by atoms with Crippen LogP contribution in [0.4, 0.5) is 0 Å². The van der Waals surface area contributed by atoms with Crippen molar-refractivity contribution in [1.82, 2.24) is 9.97 Å². The molecule has 0 bridgehead atoms. The van der Waals surface area contributed by atoms with Crippen molar-refractivity contribution in [2.75, 3.05) is 0 Å². The number of imidazole rings is 1. The first-order valence-electron chi connectivity index (χ1n) is 4.85. The molecule has 0 aliphatic carbocycles. The highest BCUT2D eigenvalue weighted by Gasteiger charge is 2.06. The number of rotatable bonds is 3. The van der Waals surface area contributed by atoms with Gasteiger partial charge in [0.15, 0.2) is 0 Å². The largest absolute Gasteiger partial charge is 0.342 e. The van der Waals surface area contributed by atoms with Gasteiger partial charge < -0.3 is 4.98 Å². The summed E-state index contributed by atoms with van der Waals surface area (Å²) >= 11 is 5.85. The Hall–Kier alpha value is -1.35. The summed E-state index contributed by atoms with van der Waals surface area (Å²) in [4.78, 5) is 18.6. The molecule has 0 fully saturated rings. The number of aromatic nitrogens is 2. The van der Waals surface area contributed by atoms with Gasteiger partial charge >= 0.3 is 0 Å². The summed E-state index contributed by atoms with van der Waals surface area (Å²) in [6, 6.07) is 5.44. The fourth-order valence-corrected chi connectivity index (χ4v) is 1.60. The summed E-state index contributed by atoms with van der Waals surface area (Å²) in [6.45, 7) is 1.85. The van der Waals surface area contributed by atoms with Crippen molar-refractivity contribution < 1.29 is 4.79 Å². The molecule has 1 N–H and O–H groups in total. The van der Waals surface area contributed by atoms with Crippen molar-refractivity contribution in [3.8, 4) is 0 Å². The zero-order valence-corrected chi connectivity index (χ0v) is 9.14. The van der Waals surface area contributed by atoms with Gasteiger partial charge in [-0.15, -0.1) is 0 Å². The van der Waals surface area contributed by atoms with Crippen molar-refractivity contribution in [3.63, 3.8) is 0 Å². The topological polar surface area (TPSA) is 45.8 Å². The summed E-state index contributed by atoms with van der Waals surface area (Å²) in [7, 11) is 0. The van der Waals surface area contributed by atoms with E-state index in [-0.39, 0.29) is 5.78 Å². The SMILES string of the molecule is CCC(=O)Cc1nc2ccc(Cl)cc2[nH]1. The van der Waals surface area contributed by atoms with Gasteiger partial charge in [0.25, 0.3) is 0 Å². The number of Topliss-reactive ketones (excluding diaryl/α,β-unsaturated/α-hetero) is 1. The van der Waals surface area contributed by atoms with Gasteiger partial charge in [0.1, 0.15) is 11.6 Å². The lowest BCUT2D eigenvalue weighted by molar-refractivity contribution is -0.118. The number of aromatic amines is 1. The standard InChI is InChI=1S/C11H11ClN2O/c1-2-8(15)6-11-13-9-4-3-7(12)5-10(9)14-11/h3-5H,2,6H2,1H3,(H,13,14). The maximum atomic E-state index is 11.2. The van der Waals surface area contributed by atoms with E-state index in [0.29, 0.717) is 23.7 Å². The van der Waals surface area contributed by atoms with Gasteiger partial charge in [-0.25, -0.2) is 4.98 Å². The predicted molar refractivity (Wildman–Crippen MR) is 60.1 cm³/mol. The fourth-order valence-electron chi connectivity index (χ4n) is 1.43. The highest BCUT2D eigenvalue weighted by atomic mass is 35.5. The molecule has 0 aliphatic heterocycles. The fraction of sp³-hybridized carbons (Fsp3) is 0.273. The zero-order chi connectivity index (χ0) is 10.8. The van der Waals surface area contributed by atoms with Crippen LogP contribution in [0.5, 0.6) is 0 Å². The molecule has 3 nitrogen and oxygen atoms in total. The number of fused-ring (bicyclic) bond motifs is 1. The number of nitrogens with one attached hydrogen (secondary N) is 1. The molecule has 78 valence electrons. The second kappa shape index (κ2) is 4.03. The summed E-state index contributed by atoms with van der Waals surface area (Å²) < 4.78 is 0. The normalized spacial score (nSPS) is 10.8. The number of halogens is 1. The van der Waals surface area contributed by atoms with Gasteiger partial charge in [-0.1, -0.05) is 18.5 Å². The van der Waals surface area contributed by atoms with E-state index in [0.717, 1.165) is 11.0 Å². The molecule has 1 aromatic carbocycles. The maximum absolute atomic E-state index is 11.2. The first-order valence-corrected chi connectivity index (χ1v) is 5.22. The maximum Gasteiger partial charge on any atom is 0.140 e. The van der Waals surface area contributed by atoms with Gasteiger partial charge in [0.2, 0.25) is 0 Å². The number of ketones is 1. The highest BCUT2D eigenvalue weighted by Crippen LogP contribution is 2.17. The van der Waals surface area contributed by atoms with Crippen LogP contribution in [0, 0.1) is 0 Å². The van der Waals surface area contributed by atoms with E-state index in [9.17, 15) is 4.79 Å². The van der Waals surface area contributed by atoms with Crippen LogP contribution in [0.15, 0.2) is 18.2 Å². The van der Waals surface area contributed by atoms with Crippen LogP contribution < -0.4 is 0 Å². The Kier molecular flexibility index (Phi) is 2.73. The molecule has 0 amide bonds. The molecule has 2 aromatic rings. The Balaban J connectivity index is 2.34.